The number of rotatable bonds is 14. The first-order valence-corrected chi connectivity index (χ1v) is 26.5. The van der Waals surface area contributed by atoms with Crippen molar-refractivity contribution in [3.8, 4) is 45.3 Å². The van der Waals surface area contributed by atoms with E-state index in [-0.39, 0.29) is 47.3 Å². The van der Waals surface area contributed by atoms with Gasteiger partial charge in [0.1, 0.15) is 23.0 Å². The zero-order valence-corrected chi connectivity index (χ0v) is 45.0. The van der Waals surface area contributed by atoms with Crippen molar-refractivity contribution in [1.82, 2.24) is 0 Å². The standard InChI is InChI=1S/C68H76O2/c1-37(2)46-24-18-25-47(38(3)4)59(46)63-56-34-22-33-55-61(56)64(54-32-17-23-45-35-36-57(62(55)58(45)54)69-66-50(41(9)10)28-20-29-51(66)42(11)12)68(70-67-52(43(13)14)30-21-31-53(67)44(15)16)65(63)60-48(39(5)6)26-19-27-49(60)40(7)8/h17-44H,1-16H3. The van der Waals surface area contributed by atoms with E-state index in [1.165, 1.54) is 99.1 Å². The quantitative estimate of drug-likeness (QED) is 0.0799. The Labute approximate surface area is 419 Å². The highest BCUT2D eigenvalue weighted by molar-refractivity contribution is 6.38. The van der Waals surface area contributed by atoms with Crippen LogP contribution in [0.1, 0.15) is 203 Å². The number of benzene rings is 9. The number of hydrogen-bond donors (Lipinski definition) is 0. The number of para-hydroxylation sites is 2. The Kier molecular flexibility index (Phi) is 13.4. The molecule has 9 aromatic rings. The summed E-state index contributed by atoms with van der Waals surface area (Å²) in [6.45, 7) is 37.2. The van der Waals surface area contributed by atoms with Crippen LogP contribution in [0, 0.1) is 0 Å². The van der Waals surface area contributed by atoms with Crippen molar-refractivity contribution in [2.45, 2.75) is 158 Å². The zero-order chi connectivity index (χ0) is 50.0. The fourth-order valence-electron chi connectivity index (χ4n) is 11.6. The molecule has 9 rings (SSSR count). The third kappa shape index (κ3) is 8.24. The Bertz CT molecular complexity index is 3280. The third-order valence-corrected chi connectivity index (χ3v) is 15.1. The van der Waals surface area contributed by atoms with Gasteiger partial charge in [0.15, 0.2) is 0 Å². The second kappa shape index (κ2) is 19.2. The summed E-state index contributed by atoms with van der Waals surface area (Å²) in [4.78, 5) is 0. The zero-order valence-electron chi connectivity index (χ0n) is 45.0. The summed E-state index contributed by atoms with van der Waals surface area (Å²) in [7, 11) is 0. The molecule has 0 fully saturated rings. The molecule has 0 bridgehead atoms. The van der Waals surface area contributed by atoms with Crippen molar-refractivity contribution in [2.75, 3.05) is 0 Å². The Morgan fingerprint density at radius 3 is 1.01 bits per heavy atom. The maximum Gasteiger partial charge on any atom is 0.144 e. The fourth-order valence-corrected chi connectivity index (χ4v) is 11.6. The Hall–Kier alpha value is -6.12. The molecule has 0 atom stereocenters. The lowest BCUT2D eigenvalue weighted by atomic mass is 9.75. The first kappa shape index (κ1) is 48.9. The van der Waals surface area contributed by atoms with E-state index < -0.39 is 0 Å². The lowest BCUT2D eigenvalue weighted by molar-refractivity contribution is 0.469. The van der Waals surface area contributed by atoms with Gasteiger partial charge in [0.25, 0.3) is 0 Å². The number of hydrogen-bond acceptors (Lipinski definition) is 2. The van der Waals surface area contributed by atoms with Crippen LogP contribution in [0.4, 0.5) is 0 Å². The summed E-state index contributed by atoms with van der Waals surface area (Å²) in [5.74, 6) is 5.85. The molecule has 70 heavy (non-hydrogen) atoms. The Morgan fingerprint density at radius 1 is 0.243 bits per heavy atom. The van der Waals surface area contributed by atoms with Crippen LogP contribution in [0.2, 0.25) is 0 Å². The van der Waals surface area contributed by atoms with Crippen molar-refractivity contribution in [3.63, 3.8) is 0 Å². The first-order chi connectivity index (χ1) is 33.4. The Balaban J connectivity index is 1.62. The van der Waals surface area contributed by atoms with E-state index in [9.17, 15) is 0 Å². The van der Waals surface area contributed by atoms with Gasteiger partial charge in [0.2, 0.25) is 0 Å². The fraction of sp³-hybridized carbons (Fsp3) is 0.353. The van der Waals surface area contributed by atoms with E-state index in [0.717, 1.165) is 33.8 Å². The van der Waals surface area contributed by atoms with Crippen LogP contribution in [0.3, 0.4) is 0 Å². The summed E-state index contributed by atoms with van der Waals surface area (Å²) in [5.41, 5.74) is 15.3. The van der Waals surface area contributed by atoms with E-state index in [2.05, 4.69) is 232 Å². The van der Waals surface area contributed by atoms with Crippen molar-refractivity contribution in [2.24, 2.45) is 0 Å². The predicted molar refractivity (Wildman–Crippen MR) is 304 cm³/mol. The highest BCUT2D eigenvalue weighted by atomic mass is 16.5. The van der Waals surface area contributed by atoms with Gasteiger partial charge < -0.3 is 9.47 Å². The van der Waals surface area contributed by atoms with Crippen molar-refractivity contribution in [3.05, 3.63) is 166 Å². The molecule has 0 radical (unpaired) electrons. The molecule has 0 aliphatic heterocycles. The smallest absolute Gasteiger partial charge is 0.144 e. The molecule has 2 heteroatoms. The van der Waals surface area contributed by atoms with Gasteiger partial charge in [-0.3, -0.25) is 0 Å². The van der Waals surface area contributed by atoms with E-state index in [1.807, 2.05) is 0 Å². The molecule has 0 spiro atoms. The van der Waals surface area contributed by atoms with Crippen LogP contribution in [-0.2, 0) is 0 Å². The van der Waals surface area contributed by atoms with Crippen LogP contribution in [-0.4, -0.2) is 0 Å². The van der Waals surface area contributed by atoms with Gasteiger partial charge in [-0.2, -0.15) is 0 Å². The molecular formula is C68H76O2. The monoisotopic (exact) mass is 925 g/mol. The van der Waals surface area contributed by atoms with E-state index in [1.54, 1.807) is 0 Å². The Morgan fingerprint density at radius 2 is 0.586 bits per heavy atom. The minimum Gasteiger partial charge on any atom is -0.456 e. The molecule has 0 aliphatic rings. The third-order valence-electron chi connectivity index (χ3n) is 15.1. The average molecular weight is 925 g/mol. The van der Waals surface area contributed by atoms with E-state index in [4.69, 9.17) is 9.47 Å². The van der Waals surface area contributed by atoms with Crippen LogP contribution in [0.5, 0.6) is 23.0 Å². The summed E-state index contributed by atoms with van der Waals surface area (Å²) in [5, 5.41) is 9.47. The van der Waals surface area contributed by atoms with Crippen LogP contribution < -0.4 is 9.47 Å². The van der Waals surface area contributed by atoms with Gasteiger partial charge in [0.05, 0.1) is 0 Å². The number of ether oxygens (including phenoxy) is 2. The first-order valence-electron chi connectivity index (χ1n) is 26.5. The van der Waals surface area contributed by atoms with Crippen molar-refractivity contribution in [1.29, 1.82) is 0 Å². The normalized spacial score (nSPS) is 12.5. The van der Waals surface area contributed by atoms with Gasteiger partial charge in [-0.25, -0.2) is 0 Å². The molecule has 0 N–H and O–H groups in total. The molecule has 360 valence electrons. The lowest BCUT2D eigenvalue weighted by Gasteiger charge is -2.31. The largest absolute Gasteiger partial charge is 0.456 e. The van der Waals surface area contributed by atoms with Crippen LogP contribution >= 0.6 is 0 Å². The molecule has 0 aromatic heterocycles. The number of fused-ring (bicyclic) bond motifs is 2. The molecule has 9 aromatic carbocycles. The molecule has 0 unspecified atom stereocenters. The highest BCUT2D eigenvalue weighted by Crippen LogP contribution is 2.59. The molecule has 0 saturated heterocycles. The molecule has 0 saturated carbocycles. The maximum atomic E-state index is 8.23. The average Bonchev–Trinajstić information content (AvgIpc) is 3.32. The van der Waals surface area contributed by atoms with Gasteiger partial charge in [-0.05, 0) is 131 Å². The molecule has 0 aliphatic carbocycles. The SMILES string of the molecule is CC(C)c1cccc(C(C)C)c1Oc1ccc2cccc3c4c(Oc5c(C(C)C)cccc5C(C)C)c(-c5c(C(C)C)cccc5C(C)C)c(-c5c(C(C)C)cccc5C(C)C)c5cccc(c1c23)c54. The van der Waals surface area contributed by atoms with E-state index in [0.29, 0.717) is 0 Å². The summed E-state index contributed by atoms with van der Waals surface area (Å²) in [6.07, 6.45) is 0. The molecule has 2 nitrogen and oxygen atoms in total. The molecule has 0 amide bonds. The van der Waals surface area contributed by atoms with Gasteiger partial charge in [-0.15, -0.1) is 0 Å². The van der Waals surface area contributed by atoms with Gasteiger partial charge >= 0.3 is 0 Å². The summed E-state index contributed by atoms with van der Waals surface area (Å²) in [6, 6.07) is 46.1. The maximum absolute atomic E-state index is 8.23. The second-order valence-electron chi connectivity index (χ2n) is 22.6. The highest BCUT2D eigenvalue weighted by Gasteiger charge is 2.33. The second-order valence-corrected chi connectivity index (χ2v) is 22.6. The summed E-state index contributed by atoms with van der Waals surface area (Å²) >= 11 is 0. The predicted octanol–water partition coefficient (Wildman–Crippen LogP) is 21.6. The topological polar surface area (TPSA) is 18.5 Å². The minimum absolute atomic E-state index is 0.237. The summed E-state index contributed by atoms with van der Waals surface area (Å²) < 4.78 is 15.7. The minimum atomic E-state index is 0.237. The van der Waals surface area contributed by atoms with E-state index >= 15 is 0 Å². The van der Waals surface area contributed by atoms with Crippen molar-refractivity contribution < 1.29 is 9.47 Å². The van der Waals surface area contributed by atoms with Gasteiger partial charge in [-0.1, -0.05) is 226 Å². The van der Waals surface area contributed by atoms with Crippen molar-refractivity contribution >= 4 is 43.1 Å². The van der Waals surface area contributed by atoms with Crippen LogP contribution in [0.15, 0.2) is 121 Å². The molecule has 0 heterocycles. The molecular weight excluding hydrogens is 849 g/mol. The lowest BCUT2D eigenvalue weighted by Crippen LogP contribution is -2.08. The van der Waals surface area contributed by atoms with Gasteiger partial charge in [0, 0.05) is 32.7 Å². The van der Waals surface area contributed by atoms with Crippen LogP contribution in [0.25, 0.3) is 65.3 Å².